The average molecular weight is 272 g/mol. The van der Waals surface area contributed by atoms with Crippen molar-refractivity contribution in [3.05, 3.63) is 60.4 Å². The molecule has 0 aromatic heterocycles. The lowest BCUT2D eigenvalue weighted by Crippen LogP contribution is -1.99. The Hall–Kier alpha value is -1.67. The second-order valence-electron chi connectivity index (χ2n) is 5.12. The van der Waals surface area contributed by atoms with Crippen LogP contribution in [-0.2, 0) is 0 Å². The van der Waals surface area contributed by atoms with E-state index < -0.39 is 6.10 Å². The molecule has 2 aromatic carbocycles. The van der Waals surface area contributed by atoms with Gasteiger partial charge in [-0.25, -0.2) is 4.39 Å². The Bertz CT molecular complexity index is 577. The van der Waals surface area contributed by atoms with Crippen LogP contribution in [0.5, 0.6) is 0 Å². The monoisotopic (exact) mass is 272 g/mol. The minimum absolute atomic E-state index is 0.234. The first-order chi connectivity index (χ1) is 9.74. The molecule has 1 atom stereocenters. The van der Waals surface area contributed by atoms with Crippen molar-refractivity contribution in [3.8, 4) is 0 Å². The van der Waals surface area contributed by atoms with Crippen LogP contribution in [0, 0.1) is 5.82 Å². The molecule has 1 N–H and O–H groups in total. The van der Waals surface area contributed by atoms with E-state index >= 15 is 0 Å². The van der Waals surface area contributed by atoms with Gasteiger partial charge in [0.25, 0.3) is 0 Å². The molecule has 2 aromatic rings. The summed E-state index contributed by atoms with van der Waals surface area (Å²) >= 11 is 0. The third kappa shape index (κ3) is 3.45. The van der Waals surface area contributed by atoms with Gasteiger partial charge in [0.05, 0.1) is 6.10 Å². The third-order valence-corrected chi connectivity index (χ3v) is 3.65. The average Bonchev–Trinajstić information content (AvgIpc) is 2.47. The summed E-state index contributed by atoms with van der Waals surface area (Å²) in [5.74, 6) is -0.234. The van der Waals surface area contributed by atoms with Gasteiger partial charge >= 0.3 is 0 Å². The van der Waals surface area contributed by atoms with E-state index in [9.17, 15) is 9.50 Å². The van der Waals surface area contributed by atoms with Crippen LogP contribution in [-0.4, -0.2) is 5.11 Å². The van der Waals surface area contributed by atoms with Gasteiger partial charge in [0.1, 0.15) is 5.82 Å². The molecule has 1 nitrogen and oxygen atoms in total. The normalized spacial score (nSPS) is 12.5. The molecule has 0 fully saturated rings. The lowest BCUT2D eigenvalue weighted by molar-refractivity contribution is 0.165. The van der Waals surface area contributed by atoms with Crippen molar-refractivity contribution >= 4 is 10.8 Å². The number of hydrogen-bond acceptors (Lipinski definition) is 1. The smallest absolute Gasteiger partial charge is 0.131 e. The van der Waals surface area contributed by atoms with E-state index in [4.69, 9.17) is 0 Å². The van der Waals surface area contributed by atoms with Gasteiger partial charge in [-0.3, -0.25) is 0 Å². The topological polar surface area (TPSA) is 20.2 Å². The minimum atomic E-state index is -0.524. The molecular weight excluding hydrogens is 251 g/mol. The molecule has 0 saturated heterocycles. The summed E-state index contributed by atoms with van der Waals surface area (Å²) < 4.78 is 13.7. The van der Waals surface area contributed by atoms with Crippen LogP contribution >= 0.6 is 0 Å². The molecule has 20 heavy (non-hydrogen) atoms. The molecule has 0 aliphatic rings. The second kappa shape index (κ2) is 7.20. The van der Waals surface area contributed by atoms with Crippen LogP contribution in [0.3, 0.4) is 0 Å². The standard InChI is InChI=1S/C18H21FO/c1-2-3-4-5-6-11-18(20)16-12-13-17(19)15-10-8-7-9-14(15)16/h2,7-10,12-13,18,20H,1,3-6,11H2. The van der Waals surface area contributed by atoms with Gasteiger partial charge in [0, 0.05) is 5.39 Å². The van der Waals surface area contributed by atoms with Crippen LogP contribution in [0.4, 0.5) is 4.39 Å². The molecule has 1 unspecified atom stereocenters. The predicted octanol–water partition coefficient (Wildman–Crippen LogP) is 5.15. The number of unbranched alkanes of at least 4 members (excludes halogenated alkanes) is 3. The van der Waals surface area contributed by atoms with Crippen LogP contribution in [0.2, 0.25) is 0 Å². The van der Waals surface area contributed by atoms with Crippen molar-refractivity contribution in [2.24, 2.45) is 0 Å². The van der Waals surface area contributed by atoms with E-state index in [1.54, 1.807) is 12.1 Å². The first-order valence-electron chi connectivity index (χ1n) is 7.20. The van der Waals surface area contributed by atoms with Gasteiger partial charge in [-0.1, -0.05) is 49.2 Å². The van der Waals surface area contributed by atoms with E-state index in [0.29, 0.717) is 11.8 Å². The van der Waals surface area contributed by atoms with Crippen molar-refractivity contribution < 1.29 is 9.50 Å². The predicted molar refractivity (Wildman–Crippen MR) is 82.1 cm³/mol. The molecule has 0 heterocycles. The molecule has 2 heteroatoms. The van der Waals surface area contributed by atoms with E-state index in [-0.39, 0.29) is 5.82 Å². The highest BCUT2D eigenvalue weighted by Crippen LogP contribution is 2.29. The highest BCUT2D eigenvalue weighted by Gasteiger charge is 2.12. The molecule has 0 radical (unpaired) electrons. The zero-order valence-electron chi connectivity index (χ0n) is 11.7. The number of rotatable bonds is 7. The number of benzene rings is 2. The first-order valence-corrected chi connectivity index (χ1v) is 7.20. The Labute approximate surface area is 119 Å². The van der Waals surface area contributed by atoms with E-state index in [1.165, 1.54) is 6.07 Å². The fraction of sp³-hybridized carbons (Fsp3) is 0.333. The molecule has 2 rings (SSSR count). The maximum atomic E-state index is 13.7. The van der Waals surface area contributed by atoms with Crippen LogP contribution in [0.25, 0.3) is 10.8 Å². The van der Waals surface area contributed by atoms with E-state index in [0.717, 1.165) is 36.6 Å². The maximum Gasteiger partial charge on any atom is 0.131 e. The van der Waals surface area contributed by atoms with E-state index in [1.807, 2.05) is 24.3 Å². The molecule has 0 spiro atoms. The largest absolute Gasteiger partial charge is 0.388 e. The van der Waals surface area contributed by atoms with Crippen molar-refractivity contribution in [1.29, 1.82) is 0 Å². The SMILES string of the molecule is C=CCCCCCC(O)c1ccc(F)c2ccccc12. The summed E-state index contributed by atoms with van der Waals surface area (Å²) in [5.41, 5.74) is 0.825. The number of aliphatic hydroxyl groups is 1. The van der Waals surface area contributed by atoms with Gasteiger partial charge in [-0.15, -0.1) is 6.58 Å². The van der Waals surface area contributed by atoms with Gasteiger partial charge < -0.3 is 5.11 Å². The van der Waals surface area contributed by atoms with Gasteiger partial charge in [-0.05, 0) is 36.3 Å². The molecule has 106 valence electrons. The summed E-state index contributed by atoms with van der Waals surface area (Å²) in [6, 6.07) is 10.5. The summed E-state index contributed by atoms with van der Waals surface area (Å²) in [6.07, 6.45) is 6.31. The molecule has 0 saturated carbocycles. The summed E-state index contributed by atoms with van der Waals surface area (Å²) in [4.78, 5) is 0. The van der Waals surface area contributed by atoms with Crippen LogP contribution in [0.15, 0.2) is 49.1 Å². The van der Waals surface area contributed by atoms with Gasteiger partial charge in [0.2, 0.25) is 0 Å². The fourth-order valence-corrected chi connectivity index (χ4v) is 2.53. The molecule has 0 bridgehead atoms. The van der Waals surface area contributed by atoms with E-state index in [2.05, 4.69) is 6.58 Å². The highest BCUT2D eigenvalue weighted by molar-refractivity contribution is 5.86. The van der Waals surface area contributed by atoms with Crippen molar-refractivity contribution in [1.82, 2.24) is 0 Å². The number of aliphatic hydroxyl groups excluding tert-OH is 1. The zero-order chi connectivity index (χ0) is 14.4. The van der Waals surface area contributed by atoms with Gasteiger partial charge in [0.15, 0.2) is 0 Å². The summed E-state index contributed by atoms with van der Waals surface area (Å²) in [6.45, 7) is 3.70. The highest BCUT2D eigenvalue weighted by atomic mass is 19.1. The minimum Gasteiger partial charge on any atom is -0.388 e. The Morgan fingerprint density at radius 2 is 1.80 bits per heavy atom. The number of hydrogen-bond donors (Lipinski definition) is 1. The van der Waals surface area contributed by atoms with Crippen molar-refractivity contribution in [2.45, 2.75) is 38.2 Å². The fourth-order valence-electron chi connectivity index (χ4n) is 2.53. The van der Waals surface area contributed by atoms with Crippen LogP contribution < -0.4 is 0 Å². The first kappa shape index (κ1) is 14.7. The maximum absolute atomic E-state index is 13.7. The molecule has 0 amide bonds. The number of halogens is 1. The quantitative estimate of drug-likeness (QED) is 0.546. The molecule has 0 aliphatic carbocycles. The Morgan fingerprint density at radius 3 is 2.55 bits per heavy atom. The lowest BCUT2D eigenvalue weighted by atomic mass is 9.96. The Morgan fingerprint density at radius 1 is 1.05 bits per heavy atom. The third-order valence-electron chi connectivity index (χ3n) is 3.65. The summed E-state index contributed by atoms with van der Waals surface area (Å²) in [5, 5.41) is 11.7. The zero-order valence-corrected chi connectivity index (χ0v) is 11.7. The second-order valence-corrected chi connectivity index (χ2v) is 5.12. The Kier molecular flexibility index (Phi) is 5.31. The van der Waals surface area contributed by atoms with Gasteiger partial charge in [-0.2, -0.15) is 0 Å². The lowest BCUT2D eigenvalue weighted by Gasteiger charge is -2.14. The Balaban J connectivity index is 2.08. The van der Waals surface area contributed by atoms with Crippen molar-refractivity contribution in [2.75, 3.05) is 0 Å². The molecule has 0 aliphatic heterocycles. The molecular formula is C18H21FO. The van der Waals surface area contributed by atoms with Crippen LogP contribution in [0.1, 0.15) is 43.8 Å². The summed E-state index contributed by atoms with van der Waals surface area (Å²) in [7, 11) is 0. The number of fused-ring (bicyclic) bond motifs is 1. The number of allylic oxidation sites excluding steroid dienone is 1. The van der Waals surface area contributed by atoms with Crippen molar-refractivity contribution in [3.63, 3.8) is 0 Å².